The molecule has 1 rings (SSSR count). The highest BCUT2D eigenvalue weighted by atomic mass is 16.6. The molecular formula is C14H20O3. The first-order valence-electron chi connectivity index (χ1n) is 5.87. The molecular weight excluding hydrogens is 216 g/mol. The standard InChI is InChI=1S/C14H20O3/c1-6-9(2)7-10(3)13-8-12(15)11(4)14(16-5)17-13/h7-9H,6H2,1-5H3/b10-7+/t9-/m0/s1. The second kappa shape index (κ2) is 5.71. The monoisotopic (exact) mass is 236 g/mol. The smallest absolute Gasteiger partial charge is 0.291 e. The van der Waals surface area contributed by atoms with Gasteiger partial charge in [0.15, 0.2) is 5.43 Å². The topological polar surface area (TPSA) is 39.4 Å². The lowest BCUT2D eigenvalue weighted by molar-refractivity contribution is 0.289. The SMILES string of the molecule is CC[C@H](C)/C=C(\C)c1cc(=O)c(C)c(OC)o1. The normalized spacial score (nSPS) is 13.6. The van der Waals surface area contributed by atoms with Crippen LogP contribution >= 0.6 is 0 Å². The van der Waals surface area contributed by atoms with Crippen LogP contribution in [0, 0.1) is 12.8 Å². The molecule has 0 aromatic carbocycles. The van der Waals surface area contributed by atoms with E-state index in [4.69, 9.17) is 9.15 Å². The van der Waals surface area contributed by atoms with Crippen LogP contribution in [0.4, 0.5) is 0 Å². The van der Waals surface area contributed by atoms with E-state index < -0.39 is 0 Å². The van der Waals surface area contributed by atoms with Crippen molar-refractivity contribution in [3.05, 3.63) is 33.7 Å². The molecule has 1 atom stereocenters. The van der Waals surface area contributed by atoms with Gasteiger partial charge in [-0.15, -0.1) is 0 Å². The van der Waals surface area contributed by atoms with Crippen molar-refractivity contribution in [2.24, 2.45) is 5.92 Å². The van der Waals surface area contributed by atoms with Crippen LogP contribution in [0.2, 0.25) is 0 Å². The van der Waals surface area contributed by atoms with Gasteiger partial charge in [0.2, 0.25) is 0 Å². The van der Waals surface area contributed by atoms with Crippen molar-refractivity contribution in [2.75, 3.05) is 7.11 Å². The Hall–Kier alpha value is -1.51. The minimum absolute atomic E-state index is 0.0556. The van der Waals surface area contributed by atoms with Crippen molar-refractivity contribution in [3.8, 4) is 5.95 Å². The van der Waals surface area contributed by atoms with Crippen LogP contribution in [0.3, 0.4) is 0 Å². The van der Waals surface area contributed by atoms with Crippen LogP contribution in [-0.2, 0) is 0 Å². The van der Waals surface area contributed by atoms with E-state index in [1.54, 1.807) is 6.92 Å². The highest BCUT2D eigenvalue weighted by molar-refractivity contribution is 5.59. The van der Waals surface area contributed by atoms with E-state index in [2.05, 4.69) is 19.9 Å². The molecule has 94 valence electrons. The first-order valence-corrected chi connectivity index (χ1v) is 5.87. The van der Waals surface area contributed by atoms with E-state index in [0.29, 0.717) is 23.2 Å². The molecule has 3 heteroatoms. The predicted octanol–water partition coefficient (Wildman–Crippen LogP) is 3.41. The fourth-order valence-corrected chi connectivity index (χ4v) is 1.55. The molecule has 0 radical (unpaired) electrons. The quantitative estimate of drug-likeness (QED) is 0.804. The van der Waals surface area contributed by atoms with Gasteiger partial charge in [0.05, 0.1) is 12.7 Å². The van der Waals surface area contributed by atoms with Gasteiger partial charge in [0, 0.05) is 6.07 Å². The fourth-order valence-electron chi connectivity index (χ4n) is 1.55. The molecule has 0 unspecified atom stereocenters. The molecule has 0 aliphatic carbocycles. The molecule has 0 aliphatic rings. The Morgan fingerprint density at radius 2 is 2.24 bits per heavy atom. The molecule has 0 saturated heterocycles. The Balaban J connectivity index is 3.20. The molecule has 0 saturated carbocycles. The Labute approximate surface area is 102 Å². The maximum absolute atomic E-state index is 11.7. The zero-order chi connectivity index (χ0) is 13.0. The lowest BCUT2D eigenvalue weighted by Crippen LogP contribution is -2.07. The van der Waals surface area contributed by atoms with Crippen LogP contribution < -0.4 is 10.2 Å². The molecule has 17 heavy (non-hydrogen) atoms. The summed E-state index contributed by atoms with van der Waals surface area (Å²) in [4.78, 5) is 11.7. The maximum Gasteiger partial charge on any atom is 0.291 e. The number of allylic oxidation sites excluding steroid dienone is 2. The number of hydrogen-bond acceptors (Lipinski definition) is 3. The lowest BCUT2D eigenvalue weighted by atomic mass is 10.0. The average Bonchev–Trinajstić information content (AvgIpc) is 2.32. The minimum atomic E-state index is -0.0556. The summed E-state index contributed by atoms with van der Waals surface area (Å²) in [5, 5.41) is 0. The van der Waals surface area contributed by atoms with E-state index in [9.17, 15) is 4.79 Å². The van der Waals surface area contributed by atoms with Crippen LogP contribution in [0.5, 0.6) is 5.95 Å². The minimum Gasteiger partial charge on any atom is -0.468 e. The first kappa shape index (κ1) is 13.6. The number of hydrogen-bond donors (Lipinski definition) is 0. The van der Waals surface area contributed by atoms with Gasteiger partial charge < -0.3 is 9.15 Å². The third kappa shape index (κ3) is 3.22. The molecule has 1 aromatic heterocycles. The van der Waals surface area contributed by atoms with Gasteiger partial charge in [-0.3, -0.25) is 4.79 Å². The van der Waals surface area contributed by atoms with E-state index in [1.807, 2.05) is 6.92 Å². The van der Waals surface area contributed by atoms with Gasteiger partial charge >= 0.3 is 0 Å². The Morgan fingerprint density at radius 1 is 1.59 bits per heavy atom. The average molecular weight is 236 g/mol. The van der Waals surface area contributed by atoms with Crippen molar-refractivity contribution >= 4 is 5.57 Å². The van der Waals surface area contributed by atoms with Gasteiger partial charge in [-0.25, -0.2) is 0 Å². The number of ether oxygens (including phenoxy) is 1. The maximum atomic E-state index is 11.7. The molecule has 0 fully saturated rings. The summed E-state index contributed by atoms with van der Waals surface area (Å²) >= 11 is 0. The molecule has 0 N–H and O–H groups in total. The number of rotatable bonds is 4. The Bertz CT molecular complexity index is 469. The summed E-state index contributed by atoms with van der Waals surface area (Å²) in [7, 11) is 1.50. The summed E-state index contributed by atoms with van der Waals surface area (Å²) in [6.45, 7) is 7.90. The summed E-state index contributed by atoms with van der Waals surface area (Å²) in [6, 6.07) is 1.52. The van der Waals surface area contributed by atoms with Crippen LogP contribution in [0.15, 0.2) is 21.4 Å². The summed E-state index contributed by atoms with van der Waals surface area (Å²) in [5.41, 5.74) is 1.42. The molecule has 1 heterocycles. The summed E-state index contributed by atoms with van der Waals surface area (Å²) in [5.74, 6) is 1.34. The van der Waals surface area contributed by atoms with Gasteiger partial charge in [0.1, 0.15) is 5.76 Å². The van der Waals surface area contributed by atoms with Crippen molar-refractivity contribution in [1.29, 1.82) is 0 Å². The Morgan fingerprint density at radius 3 is 2.76 bits per heavy atom. The summed E-state index contributed by atoms with van der Waals surface area (Å²) < 4.78 is 10.6. The van der Waals surface area contributed by atoms with Crippen molar-refractivity contribution in [3.63, 3.8) is 0 Å². The molecule has 1 aromatic rings. The third-order valence-corrected chi connectivity index (χ3v) is 2.89. The van der Waals surface area contributed by atoms with Gasteiger partial charge in [-0.05, 0) is 25.3 Å². The van der Waals surface area contributed by atoms with Crippen molar-refractivity contribution in [1.82, 2.24) is 0 Å². The largest absolute Gasteiger partial charge is 0.468 e. The molecule has 0 spiro atoms. The number of methoxy groups -OCH3 is 1. The van der Waals surface area contributed by atoms with E-state index in [-0.39, 0.29) is 5.43 Å². The van der Waals surface area contributed by atoms with Crippen LogP contribution in [0.1, 0.15) is 38.5 Å². The van der Waals surface area contributed by atoms with Crippen molar-refractivity contribution in [2.45, 2.75) is 34.1 Å². The highest BCUT2D eigenvalue weighted by Gasteiger charge is 2.10. The third-order valence-electron chi connectivity index (χ3n) is 2.89. The zero-order valence-electron chi connectivity index (χ0n) is 11.2. The first-order chi connectivity index (χ1) is 7.99. The zero-order valence-corrected chi connectivity index (χ0v) is 11.2. The van der Waals surface area contributed by atoms with Gasteiger partial charge in [-0.1, -0.05) is 26.3 Å². The van der Waals surface area contributed by atoms with Crippen LogP contribution in [-0.4, -0.2) is 7.11 Å². The lowest BCUT2D eigenvalue weighted by Gasteiger charge is -2.08. The second-order valence-electron chi connectivity index (χ2n) is 4.33. The van der Waals surface area contributed by atoms with E-state index in [1.165, 1.54) is 13.2 Å². The summed E-state index contributed by atoms with van der Waals surface area (Å²) in [6.07, 6.45) is 3.16. The van der Waals surface area contributed by atoms with E-state index >= 15 is 0 Å². The van der Waals surface area contributed by atoms with Gasteiger partial charge in [-0.2, -0.15) is 0 Å². The fraction of sp³-hybridized carbons (Fsp3) is 0.500. The predicted molar refractivity (Wildman–Crippen MR) is 69.4 cm³/mol. The van der Waals surface area contributed by atoms with E-state index in [0.717, 1.165) is 12.0 Å². The molecule has 0 amide bonds. The highest BCUT2D eigenvalue weighted by Crippen LogP contribution is 2.22. The molecule has 0 aliphatic heterocycles. The molecule has 0 bridgehead atoms. The molecule has 3 nitrogen and oxygen atoms in total. The van der Waals surface area contributed by atoms with Gasteiger partial charge in [0.25, 0.3) is 5.95 Å². The Kier molecular flexibility index (Phi) is 4.55. The van der Waals surface area contributed by atoms with Crippen LogP contribution in [0.25, 0.3) is 5.57 Å². The second-order valence-corrected chi connectivity index (χ2v) is 4.33. The van der Waals surface area contributed by atoms with Crippen molar-refractivity contribution < 1.29 is 9.15 Å².